The lowest BCUT2D eigenvalue weighted by Gasteiger charge is -2.61. The van der Waals surface area contributed by atoms with Crippen LogP contribution in [0.2, 0.25) is 0 Å². The topological polar surface area (TPSA) is 20.2 Å². The van der Waals surface area contributed by atoms with Crippen molar-refractivity contribution in [2.45, 2.75) is 167 Å². The van der Waals surface area contributed by atoms with E-state index < -0.39 is 0 Å². The number of rotatable bonds is 5. The highest BCUT2D eigenvalue weighted by molar-refractivity contribution is 5.11. The first kappa shape index (κ1) is 36.7. The molecule has 0 heterocycles. The molecular weight excluding hydrogens is 472 g/mol. The van der Waals surface area contributed by atoms with Crippen LogP contribution < -0.4 is 0 Å². The van der Waals surface area contributed by atoms with Gasteiger partial charge >= 0.3 is 0 Å². The molecule has 0 aromatic heterocycles. The summed E-state index contributed by atoms with van der Waals surface area (Å²) >= 11 is 0. The SMILES string of the molecule is CC.CC(C)C.CCC.CCC(/C=C/[C@@H](C)C1CCC2C3CCC4CC(O)CCC4(C)C3CCC21C)C(C)C. The molecule has 0 amide bonds. The summed E-state index contributed by atoms with van der Waals surface area (Å²) in [6, 6.07) is 0. The van der Waals surface area contributed by atoms with Gasteiger partial charge in [0.2, 0.25) is 0 Å². The number of aliphatic hydroxyl groups excluding tert-OH is 1. The fourth-order valence-corrected chi connectivity index (χ4v) is 9.42. The third kappa shape index (κ3) is 9.09. The Balaban J connectivity index is 0.000000748. The third-order valence-corrected chi connectivity index (χ3v) is 11.3. The van der Waals surface area contributed by atoms with Crippen LogP contribution in [0.1, 0.15) is 161 Å². The minimum Gasteiger partial charge on any atom is -0.393 e. The van der Waals surface area contributed by atoms with Gasteiger partial charge in [0, 0.05) is 0 Å². The van der Waals surface area contributed by atoms with E-state index in [0.29, 0.717) is 10.8 Å². The fraction of sp³-hybridized carbons (Fsp3) is 0.947. The highest BCUT2D eigenvalue weighted by Gasteiger charge is 2.60. The first-order valence-corrected chi connectivity index (χ1v) is 17.7. The molecule has 0 spiro atoms. The Kier molecular flexibility index (Phi) is 16.0. The van der Waals surface area contributed by atoms with E-state index in [9.17, 15) is 5.11 Å². The maximum absolute atomic E-state index is 10.3. The number of aliphatic hydroxyl groups is 1. The minimum absolute atomic E-state index is 0.0187. The standard InChI is InChI=1S/C29H50O.C4H10.C3H8.C2H6/c1-7-21(19(2)3)9-8-20(4)25-12-13-26-24-11-10-22-18-23(30)14-16-28(22,5)27(24)15-17-29(25,26)6;1-4(2)3;1-3-2;1-2/h8-9,19-27,30H,7,10-18H2,1-6H3;4H,1-3H3;3H2,1-2H3;1-2H3/b9-8+;;;/t20-,21?,22?,23?,24?,25?,26?,27?,28?,29?;;;/m1.../s1. The van der Waals surface area contributed by atoms with Crippen molar-refractivity contribution in [3.8, 4) is 0 Å². The summed E-state index contributed by atoms with van der Waals surface area (Å²) in [5, 5.41) is 10.3. The molecule has 4 rings (SSSR count). The van der Waals surface area contributed by atoms with E-state index in [0.717, 1.165) is 66.1 Å². The Morgan fingerprint density at radius 2 is 1.28 bits per heavy atom. The molecular formula is C38H74O. The molecule has 232 valence electrons. The average molecular weight is 547 g/mol. The zero-order valence-corrected chi connectivity index (χ0v) is 29.2. The zero-order valence-electron chi connectivity index (χ0n) is 29.2. The molecule has 0 aromatic carbocycles. The van der Waals surface area contributed by atoms with Gasteiger partial charge in [-0.15, -0.1) is 0 Å². The van der Waals surface area contributed by atoms with Crippen LogP contribution in [0.15, 0.2) is 12.2 Å². The van der Waals surface area contributed by atoms with Crippen molar-refractivity contribution < 1.29 is 5.11 Å². The van der Waals surface area contributed by atoms with Crippen molar-refractivity contribution >= 4 is 0 Å². The number of allylic oxidation sites excluding steroid dienone is 2. The van der Waals surface area contributed by atoms with E-state index in [1.54, 1.807) is 0 Å². The Hall–Kier alpha value is -0.300. The zero-order chi connectivity index (χ0) is 30.0. The molecule has 9 unspecified atom stereocenters. The van der Waals surface area contributed by atoms with Crippen LogP contribution in [0.4, 0.5) is 0 Å². The van der Waals surface area contributed by atoms with Gasteiger partial charge in [-0.05, 0) is 128 Å². The molecule has 4 saturated carbocycles. The van der Waals surface area contributed by atoms with Crippen LogP contribution in [0.25, 0.3) is 0 Å². The molecule has 0 aliphatic heterocycles. The molecule has 4 fully saturated rings. The third-order valence-electron chi connectivity index (χ3n) is 11.3. The summed E-state index contributed by atoms with van der Waals surface area (Å²) in [7, 11) is 0. The number of hydrogen-bond donors (Lipinski definition) is 1. The minimum atomic E-state index is -0.0187. The van der Waals surface area contributed by atoms with E-state index in [2.05, 4.69) is 88.3 Å². The van der Waals surface area contributed by atoms with Crippen LogP contribution in [0.5, 0.6) is 0 Å². The van der Waals surface area contributed by atoms with Crippen molar-refractivity contribution in [1.82, 2.24) is 0 Å². The van der Waals surface area contributed by atoms with Crippen molar-refractivity contribution in [3.05, 3.63) is 12.2 Å². The molecule has 1 N–H and O–H groups in total. The quantitative estimate of drug-likeness (QED) is 0.340. The van der Waals surface area contributed by atoms with Crippen molar-refractivity contribution in [2.24, 2.45) is 64.1 Å². The molecule has 1 nitrogen and oxygen atoms in total. The summed E-state index contributed by atoms with van der Waals surface area (Å²) in [5.41, 5.74) is 1.07. The number of fused-ring (bicyclic) bond motifs is 5. The summed E-state index contributed by atoms with van der Waals surface area (Å²) in [6.07, 6.45) is 19.8. The van der Waals surface area contributed by atoms with Gasteiger partial charge in [-0.3, -0.25) is 0 Å². The maximum Gasteiger partial charge on any atom is 0.0543 e. The highest BCUT2D eigenvalue weighted by Crippen LogP contribution is 2.68. The molecule has 39 heavy (non-hydrogen) atoms. The summed E-state index contributed by atoms with van der Waals surface area (Å²) in [6.45, 7) is 29.7. The van der Waals surface area contributed by atoms with Gasteiger partial charge < -0.3 is 5.11 Å². The Bertz CT molecular complexity index is 675. The molecule has 0 saturated heterocycles. The van der Waals surface area contributed by atoms with Crippen LogP contribution in [-0.2, 0) is 0 Å². The molecule has 10 atom stereocenters. The maximum atomic E-state index is 10.3. The molecule has 0 bridgehead atoms. The second kappa shape index (κ2) is 17.0. The predicted molar refractivity (Wildman–Crippen MR) is 176 cm³/mol. The van der Waals surface area contributed by atoms with Gasteiger partial charge in [0.1, 0.15) is 0 Å². The summed E-state index contributed by atoms with van der Waals surface area (Å²) in [5.74, 6) is 7.55. The van der Waals surface area contributed by atoms with Crippen LogP contribution in [0.3, 0.4) is 0 Å². The van der Waals surface area contributed by atoms with Crippen molar-refractivity contribution in [2.75, 3.05) is 0 Å². The first-order valence-electron chi connectivity index (χ1n) is 17.7. The normalized spacial score (nSPS) is 38.7. The summed E-state index contributed by atoms with van der Waals surface area (Å²) < 4.78 is 0. The van der Waals surface area contributed by atoms with Gasteiger partial charge in [0.25, 0.3) is 0 Å². The first-order chi connectivity index (χ1) is 18.3. The van der Waals surface area contributed by atoms with E-state index in [1.807, 2.05) is 13.8 Å². The fourth-order valence-electron chi connectivity index (χ4n) is 9.42. The smallest absolute Gasteiger partial charge is 0.0543 e. The Morgan fingerprint density at radius 3 is 1.82 bits per heavy atom. The number of hydrogen-bond acceptors (Lipinski definition) is 1. The molecule has 1 heteroatoms. The van der Waals surface area contributed by atoms with Gasteiger partial charge in [-0.25, -0.2) is 0 Å². The summed E-state index contributed by atoms with van der Waals surface area (Å²) in [4.78, 5) is 0. The van der Waals surface area contributed by atoms with Gasteiger partial charge in [0.05, 0.1) is 6.10 Å². The molecule has 4 aliphatic rings. The Labute approximate surface area is 247 Å². The molecule has 0 aromatic rings. The van der Waals surface area contributed by atoms with Crippen molar-refractivity contribution in [3.63, 3.8) is 0 Å². The monoisotopic (exact) mass is 547 g/mol. The molecule has 4 aliphatic carbocycles. The lowest BCUT2D eigenvalue weighted by atomic mass is 9.44. The van der Waals surface area contributed by atoms with Gasteiger partial charge in [-0.1, -0.05) is 109 Å². The van der Waals surface area contributed by atoms with Crippen LogP contribution in [-0.4, -0.2) is 11.2 Å². The van der Waals surface area contributed by atoms with E-state index in [4.69, 9.17) is 0 Å². The van der Waals surface area contributed by atoms with Crippen LogP contribution in [0, 0.1) is 64.1 Å². The highest BCUT2D eigenvalue weighted by atomic mass is 16.3. The van der Waals surface area contributed by atoms with E-state index in [-0.39, 0.29) is 6.10 Å². The lowest BCUT2D eigenvalue weighted by molar-refractivity contribution is -0.128. The second-order valence-corrected chi connectivity index (χ2v) is 15.3. The predicted octanol–water partition coefficient (Wildman–Crippen LogP) is 12.0. The lowest BCUT2D eigenvalue weighted by Crippen LogP contribution is -2.54. The average Bonchev–Trinajstić information content (AvgIpc) is 3.23. The largest absolute Gasteiger partial charge is 0.393 e. The van der Waals surface area contributed by atoms with E-state index in [1.165, 1.54) is 57.8 Å². The Morgan fingerprint density at radius 1 is 0.744 bits per heavy atom. The van der Waals surface area contributed by atoms with Crippen LogP contribution >= 0.6 is 0 Å². The van der Waals surface area contributed by atoms with Crippen molar-refractivity contribution in [1.29, 1.82) is 0 Å². The molecule has 0 radical (unpaired) electrons. The van der Waals surface area contributed by atoms with E-state index >= 15 is 0 Å². The van der Waals surface area contributed by atoms with Gasteiger partial charge in [-0.2, -0.15) is 0 Å². The van der Waals surface area contributed by atoms with Gasteiger partial charge in [0.15, 0.2) is 0 Å². The second-order valence-electron chi connectivity index (χ2n) is 15.3.